The minimum absolute atomic E-state index is 0.0278. The van der Waals surface area contributed by atoms with Gasteiger partial charge in [-0.05, 0) is 64.8 Å². The van der Waals surface area contributed by atoms with Gasteiger partial charge in [0, 0.05) is 0 Å². The highest BCUT2D eigenvalue weighted by atomic mass is 32.2. The number of hydrogen-bond donors (Lipinski definition) is 3. The molecule has 8 heteroatoms. The summed E-state index contributed by atoms with van der Waals surface area (Å²) in [5, 5.41) is 16.4. The molecule has 27 heavy (non-hydrogen) atoms. The molecular formula is C19H29NO6S. The zero-order valence-electron chi connectivity index (χ0n) is 16.4. The van der Waals surface area contributed by atoms with E-state index in [-0.39, 0.29) is 17.7 Å². The molecule has 0 unspecified atom stereocenters. The van der Waals surface area contributed by atoms with Gasteiger partial charge in [0.25, 0.3) is 0 Å². The van der Waals surface area contributed by atoms with Gasteiger partial charge >= 0.3 is 5.97 Å². The van der Waals surface area contributed by atoms with Crippen molar-refractivity contribution in [1.82, 2.24) is 0 Å². The fourth-order valence-electron chi connectivity index (χ4n) is 2.31. The van der Waals surface area contributed by atoms with Crippen molar-refractivity contribution in [3.63, 3.8) is 0 Å². The highest BCUT2D eigenvalue weighted by Gasteiger charge is 2.50. The smallest absolute Gasteiger partial charge is 0.326 e. The fourth-order valence-corrected chi connectivity index (χ4v) is 4.09. The summed E-state index contributed by atoms with van der Waals surface area (Å²) in [6.07, 6.45) is 3.13. The second-order valence-corrected chi connectivity index (χ2v) is 8.71. The van der Waals surface area contributed by atoms with Crippen LogP contribution in [0.2, 0.25) is 0 Å². The van der Waals surface area contributed by atoms with Crippen molar-refractivity contribution >= 4 is 15.8 Å². The molecular weight excluding hydrogens is 370 g/mol. The van der Waals surface area contributed by atoms with Crippen LogP contribution in [0, 0.1) is 0 Å². The van der Waals surface area contributed by atoms with Crippen molar-refractivity contribution in [2.75, 3.05) is 7.11 Å². The van der Waals surface area contributed by atoms with Gasteiger partial charge in [-0.25, -0.2) is 14.3 Å². The molecule has 0 aliphatic heterocycles. The predicted octanol–water partition coefficient (Wildman–Crippen LogP) is 3.34. The number of hydrogen-bond acceptors (Lipinski definition) is 6. The summed E-state index contributed by atoms with van der Waals surface area (Å²) in [7, 11) is -2.64. The highest BCUT2D eigenvalue weighted by Crippen LogP contribution is 2.35. The second kappa shape index (κ2) is 10.9. The molecule has 0 heterocycles. The zero-order chi connectivity index (χ0) is 21.3. The van der Waals surface area contributed by atoms with Crippen LogP contribution in [0.5, 0.6) is 5.75 Å². The Labute approximate surface area is 161 Å². The van der Waals surface area contributed by atoms with Crippen LogP contribution in [0.4, 0.5) is 0 Å². The lowest BCUT2D eigenvalue weighted by molar-refractivity contribution is -0.140. The van der Waals surface area contributed by atoms with E-state index in [0.29, 0.717) is 5.75 Å². The Morgan fingerprint density at radius 2 is 1.44 bits per heavy atom. The summed E-state index contributed by atoms with van der Waals surface area (Å²) >= 11 is 0. The van der Waals surface area contributed by atoms with E-state index >= 15 is 0 Å². The summed E-state index contributed by atoms with van der Waals surface area (Å²) in [5.41, 5.74) is 1.74. The average molecular weight is 400 g/mol. The number of nitrogens with two attached hydrogens (primary N) is 1. The fraction of sp³-hybridized carbons (Fsp3) is 0.421. The number of carboxylic acid groups (broad SMARTS) is 1. The van der Waals surface area contributed by atoms with Crippen molar-refractivity contribution < 1.29 is 28.3 Å². The van der Waals surface area contributed by atoms with Crippen LogP contribution in [0.1, 0.15) is 40.5 Å². The maximum atomic E-state index is 13.2. The molecule has 0 saturated heterocycles. The minimum Gasteiger partial charge on any atom is -0.497 e. The molecule has 1 rings (SSSR count). The molecule has 0 fully saturated rings. The summed E-state index contributed by atoms with van der Waals surface area (Å²) < 4.78 is 29.6. The molecule has 0 bridgehead atoms. The Morgan fingerprint density at radius 1 is 1.04 bits per heavy atom. The number of sulfone groups is 1. The van der Waals surface area contributed by atoms with Crippen LogP contribution >= 0.6 is 0 Å². The molecule has 1 aromatic rings. The van der Waals surface area contributed by atoms with Crippen LogP contribution in [0.25, 0.3) is 0 Å². The van der Waals surface area contributed by atoms with Gasteiger partial charge < -0.3 is 15.1 Å². The Kier molecular flexibility index (Phi) is 9.99. The summed E-state index contributed by atoms with van der Waals surface area (Å²) in [6, 6.07) is 5.80. The number of ether oxygens (including phenoxy) is 1. The predicted molar refractivity (Wildman–Crippen MR) is 105 cm³/mol. The third-order valence-electron chi connectivity index (χ3n) is 3.95. The van der Waals surface area contributed by atoms with Gasteiger partial charge in [-0.3, -0.25) is 4.79 Å². The Balaban J connectivity index is 0.00000326. The molecule has 7 nitrogen and oxygen atoms in total. The van der Waals surface area contributed by atoms with Crippen LogP contribution in [0.3, 0.4) is 0 Å². The SMILES string of the molecule is COc1ccc(S(=O)(=O)C(CC=C(C)C)(CC=C(C)C)C(=O)O)cc1.NO. The van der Waals surface area contributed by atoms with Crippen molar-refractivity contribution in [3.8, 4) is 5.75 Å². The zero-order valence-corrected chi connectivity index (χ0v) is 17.2. The van der Waals surface area contributed by atoms with Crippen molar-refractivity contribution in [3.05, 3.63) is 47.6 Å². The molecule has 0 atom stereocenters. The first-order chi connectivity index (χ1) is 12.6. The van der Waals surface area contributed by atoms with Crippen molar-refractivity contribution in [2.24, 2.45) is 5.90 Å². The van der Waals surface area contributed by atoms with E-state index in [2.05, 4.69) is 5.90 Å². The van der Waals surface area contributed by atoms with Gasteiger partial charge in [-0.2, -0.15) is 0 Å². The lowest BCUT2D eigenvalue weighted by Crippen LogP contribution is -2.46. The van der Waals surface area contributed by atoms with E-state index in [4.69, 9.17) is 9.94 Å². The van der Waals surface area contributed by atoms with Crippen LogP contribution in [0.15, 0.2) is 52.5 Å². The number of carboxylic acids is 1. The molecule has 1 aromatic carbocycles. The molecule has 4 N–H and O–H groups in total. The van der Waals surface area contributed by atoms with Gasteiger partial charge in [0.05, 0.1) is 12.0 Å². The van der Waals surface area contributed by atoms with Crippen molar-refractivity contribution in [1.29, 1.82) is 0 Å². The van der Waals surface area contributed by atoms with Gasteiger partial charge in [-0.1, -0.05) is 23.3 Å². The van der Waals surface area contributed by atoms with Crippen LogP contribution < -0.4 is 10.6 Å². The monoisotopic (exact) mass is 399 g/mol. The van der Waals surface area contributed by atoms with E-state index in [1.54, 1.807) is 12.2 Å². The second-order valence-electron chi connectivity index (χ2n) is 6.45. The first-order valence-electron chi connectivity index (χ1n) is 8.21. The molecule has 0 spiro atoms. The maximum Gasteiger partial charge on any atom is 0.326 e. The Morgan fingerprint density at radius 3 is 1.74 bits per heavy atom. The van der Waals surface area contributed by atoms with E-state index in [9.17, 15) is 18.3 Å². The van der Waals surface area contributed by atoms with Crippen LogP contribution in [-0.2, 0) is 14.6 Å². The molecule has 0 radical (unpaired) electrons. The molecule has 0 aromatic heterocycles. The topological polar surface area (TPSA) is 127 Å². The summed E-state index contributed by atoms with van der Waals surface area (Å²) in [6.45, 7) is 7.25. The number of carbonyl (C=O) groups is 1. The lowest BCUT2D eigenvalue weighted by Gasteiger charge is -2.27. The van der Waals surface area contributed by atoms with E-state index in [0.717, 1.165) is 11.1 Å². The van der Waals surface area contributed by atoms with E-state index < -0.39 is 20.6 Å². The lowest BCUT2D eigenvalue weighted by atomic mass is 9.97. The molecule has 0 saturated carbocycles. The number of methoxy groups -OCH3 is 1. The van der Waals surface area contributed by atoms with Gasteiger partial charge in [0.15, 0.2) is 14.6 Å². The van der Waals surface area contributed by atoms with Gasteiger partial charge in [0.2, 0.25) is 0 Å². The highest BCUT2D eigenvalue weighted by molar-refractivity contribution is 7.93. The van der Waals surface area contributed by atoms with Crippen molar-refractivity contribution in [2.45, 2.75) is 50.2 Å². The first-order valence-corrected chi connectivity index (χ1v) is 9.70. The maximum absolute atomic E-state index is 13.2. The number of aliphatic carboxylic acids is 1. The largest absolute Gasteiger partial charge is 0.497 e. The molecule has 152 valence electrons. The number of benzene rings is 1. The third kappa shape index (κ3) is 6.20. The third-order valence-corrected chi connectivity index (χ3v) is 6.38. The number of rotatable bonds is 8. The standard InChI is InChI=1S/C19H26O5S.H3NO/c1-14(2)10-12-19(18(20)21,13-11-15(3)4)25(22,23)17-8-6-16(24-5)7-9-17;1-2/h6-11H,12-13H2,1-5H3,(H,20,21);2H,1H2. The Hall–Kier alpha value is -2.16. The average Bonchev–Trinajstić information content (AvgIpc) is 2.62. The number of allylic oxidation sites excluding steroid dienone is 4. The summed E-state index contributed by atoms with van der Waals surface area (Å²) in [5.74, 6) is 2.66. The van der Waals surface area contributed by atoms with E-state index in [1.165, 1.54) is 31.4 Å². The first kappa shape index (κ1) is 24.8. The quantitative estimate of drug-likeness (QED) is 0.452. The normalized spacial score (nSPS) is 10.9. The molecule has 0 aliphatic carbocycles. The van der Waals surface area contributed by atoms with Crippen LogP contribution in [-0.4, -0.2) is 36.6 Å². The van der Waals surface area contributed by atoms with Gasteiger partial charge in [-0.15, -0.1) is 0 Å². The van der Waals surface area contributed by atoms with Gasteiger partial charge in [0.1, 0.15) is 5.75 Å². The molecule has 0 aliphatic rings. The molecule has 0 amide bonds. The summed E-state index contributed by atoms with van der Waals surface area (Å²) in [4.78, 5) is 12.1. The Bertz CT molecular complexity index is 751. The van der Waals surface area contributed by atoms with E-state index in [1.807, 2.05) is 27.7 Å². The minimum atomic E-state index is -4.12.